The average molecular weight is 248 g/mol. The molecule has 96 valence electrons. The van der Waals surface area contributed by atoms with Crippen LogP contribution in [0, 0.1) is 0 Å². The molecule has 2 atom stereocenters. The molecule has 18 heavy (non-hydrogen) atoms. The van der Waals surface area contributed by atoms with E-state index in [2.05, 4.69) is 10.6 Å². The van der Waals surface area contributed by atoms with Crippen LogP contribution in [0.1, 0.15) is 24.8 Å². The number of carbonyl (C=O) groups is 2. The van der Waals surface area contributed by atoms with Crippen molar-refractivity contribution >= 4 is 17.6 Å². The van der Waals surface area contributed by atoms with Gasteiger partial charge in [0.2, 0.25) is 5.91 Å². The van der Waals surface area contributed by atoms with Crippen molar-refractivity contribution < 1.29 is 14.7 Å². The van der Waals surface area contributed by atoms with Gasteiger partial charge >= 0.3 is 5.97 Å². The number of hydrogen-bond donors (Lipinski definition) is 3. The molecule has 1 aromatic rings. The molecule has 1 aliphatic heterocycles. The number of para-hydroxylation sites is 1. The van der Waals surface area contributed by atoms with Gasteiger partial charge in [0, 0.05) is 12.2 Å². The Bertz CT molecular complexity index is 473. The number of hydrogen-bond acceptors (Lipinski definition) is 3. The molecule has 2 unspecified atom stereocenters. The summed E-state index contributed by atoms with van der Waals surface area (Å²) in [5.41, 5.74) is 1.88. The highest BCUT2D eigenvalue weighted by molar-refractivity contribution is 5.89. The van der Waals surface area contributed by atoms with Crippen molar-refractivity contribution in [1.82, 2.24) is 5.32 Å². The molecule has 3 N–H and O–H groups in total. The van der Waals surface area contributed by atoms with E-state index < -0.39 is 12.0 Å². The zero-order chi connectivity index (χ0) is 13.1. The van der Waals surface area contributed by atoms with Crippen molar-refractivity contribution in [3.63, 3.8) is 0 Å². The van der Waals surface area contributed by atoms with E-state index in [1.54, 1.807) is 0 Å². The number of carboxylic acids is 1. The highest BCUT2D eigenvalue weighted by Gasteiger charge is 2.27. The summed E-state index contributed by atoms with van der Waals surface area (Å²) in [5, 5.41) is 14.5. The SMILES string of the molecule is CC(NC(=O)C1CCNc2ccccc21)C(=O)O. The summed E-state index contributed by atoms with van der Waals surface area (Å²) in [6.45, 7) is 2.18. The van der Waals surface area contributed by atoms with Crippen LogP contribution in [0.5, 0.6) is 0 Å². The third-order valence-corrected chi connectivity index (χ3v) is 3.13. The summed E-state index contributed by atoms with van der Waals surface area (Å²) in [6, 6.07) is 6.75. The van der Waals surface area contributed by atoms with E-state index in [1.165, 1.54) is 6.92 Å². The minimum absolute atomic E-state index is 0.223. The molecule has 1 aromatic carbocycles. The van der Waals surface area contributed by atoms with Crippen LogP contribution < -0.4 is 10.6 Å². The molecule has 1 amide bonds. The molecule has 0 saturated heterocycles. The zero-order valence-corrected chi connectivity index (χ0v) is 10.1. The lowest BCUT2D eigenvalue weighted by Crippen LogP contribution is -2.42. The van der Waals surface area contributed by atoms with Crippen LogP contribution in [0.25, 0.3) is 0 Å². The maximum atomic E-state index is 12.1. The number of benzene rings is 1. The third-order valence-electron chi connectivity index (χ3n) is 3.13. The Morgan fingerprint density at radius 1 is 1.44 bits per heavy atom. The Kier molecular flexibility index (Phi) is 3.50. The fraction of sp³-hybridized carbons (Fsp3) is 0.385. The molecule has 5 nitrogen and oxygen atoms in total. The summed E-state index contributed by atoms with van der Waals surface area (Å²) in [5.74, 6) is -1.52. The van der Waals surface area contributed by atoms with Crippen LogP contribution in [0.3, 0.4) is 0 Å². The van der Waals surface area contributed by atoms with Gasteiger partial charge in [-0.3, -0.25) is 9.59 Å². The van der Waals surface area contributed by atoms with E-state index in [0.29, 0.717) is 6.42 Å². The molecule has 0 radical (unpaired) electrons. The number of nitrogens with one attached hydrogen (secondary N) is 2. The lowest BCUT2D eigenvalue weighted by molar-refractivity contribution is -0.141. The number of anilines is 1. The standard InChI is InChI=1S/C13H16N2O3/c1-8(13(17)18)15-12(16)10-6-7-14-11-5-3-2-4-9(10)11/h2-5,8,10,14H,6-7H2,1H3,(H,15,16)(H,17,18). The van der Waals surface area contributed by atoms with Crippen molar-refractivity contribution in [3.05, 3.63) is 29.8 Å². The topological polar surface area (TPSA) is 78.4 Å². The van der Waals surface area contributed by atoms with Crippen LogP contribution in [0.4, 0.5) is 5.69 Å². The van der Waals surface area contributed by atoms with Gasteiger partial charge in [0.05, 0.1) is 5.92 Å². The van der Waals surface area contributed by atoms with Gasteiger partial charge in [0.15, 0.2) is 0 Å². The first-order valence-electron chi connectivity index (χ1n) is 5.95. The monoisotopic (exact) mass is 248 g/mol. The van der Waals surface area contributed by atoms with Crippen LogP contribution in [0.2, 0.25) is 0 Å². The molecule has 0 aliphatic carbocycles. The second-order valence-corrected chi connectivity index (χ2v) is 4.42. The fourth-order valence-corrected chi connectivity index (χ4v) is 2.12. The van der Waals surface area contributed by atoms with Crippen LogP contribution in [-0.4, -0.2) is 29.6 Å². The Morgan fingerprint density at radius 3 is 2.89 bits per heavy atom. The van der Waals surface area contributed by atoms with Gasteiger partial charge in [-0.05, 0) is 25.0 Å². The predicted octanol–water partition coefficient (Wildman–Crippen LogP) is 1.18. The molecule has 0 aromatic heterocycles. The lowest BCUT2D eigenvalue weighted by Gasteiger charge is -2.26. The van der Waals surface area contributed by atoms with Crippen LogP contribution in [-0.2, 0) is 9.59 Å². The van der Waals surface area contributed by atoms with E-state index in [0.717, 1.165) is 17.8 Å². The van der Waals surface area contributed by atoms with E-state index in [9.17, 15) is 9.59 Å². The maximum Gasteiger partial charge on any atom is 0.325 e. The second kappa shape index (κ2) is 5.08. The van der Waals surface area contributed by atoms with Gasteiger partial charge in [0.25, 0.3) is 0 Å². The molecule has 5 heteroatoms. The smallest absolute Gasteiger partial charge is 0.325 e. The number of carboxylic acid groups (broad SMARTS) is 1. The van der Waals surface area contributed by atoms with Gasteiger partial charge in [-0.2, -0.15) is 0 Å². The third kappa shape index (κ3) is 2.45. The Labute approximate surface area is 105 Å². The summed E-state index contributed by atoms with van der Waals surface area (Å²) in [4.78, 5) is 22.8. The molecule has 2 rings (SSSR count). The Hall–Kier alpha value is -2.04. The van der Waals surface area contributed by atoms with E-state index in [4.69, 9.17) is 5.11 Å². The molecular formula is C13H16N2O3. The summed E-state index contributed by atoms with van der Waals surface area (Å²) in [7, 11) is 0. The van der Waals surface area contributed by atoms with E-state index in [-0.39, 0.29) is 11.8 Å². The van der Waals surface area contributed by atoms with Crippen LogP contribution in [0.15, 0.2) is 24.3 Å². The highest BCUT2D eigenvalue weighted by Crippen LogP contribution is 2.31. The number of rotatable bonds is 3. The summed E-state index contributed by atoms with van der Waals surface area (Å²) in [6.07, 6.45) is 0.676. The van der Waals surface area contributed by atoms with Gasteiger partial charge in [-0.1, -0.05) is 18.2 Å². The number of aliphatic carboxylic acids is 1. The van der Waals surface area contributed by atoms with Gasteiger partial charge in [0.1, 0.15) is 6.04 Å². The van der Waals surface area contributed by atoms with Crippen molar-refractivity contribution in [3.8, 4) is 0 Å². The largest absolute Gasteiger partial charge is 0.480 e. The molecule has 1 heterocycles. The zero-order valence-electron chi connectivity index (χ0n) is 10.1. The Balaban J connectivity index is 2.15. The second-order valence-electron chi connectivity index (χ2n) is 4.42. The molecule has 0 bridgehead atoms. The van der Waals surface area contributed by atoms with Crippen LogP contribution >= 0.6 is 0 Å². The van der Waals surface area contributed by atoms with Crippen molar-refractivity contribution in [2.45, 2.75) is 25.3 Å². The molecular weight excluding hydrogens is 232 g/mol. The predicted molar refractivity (Wildman–Crippen MR) is 67.5 cm³/mol. The quantitative estimate of drug-likeness (QED) is 0.750. The van der Waals surface area contributed by atoms with Crippen molar-refractivity contribution in [2.24, 2.45) is 0 Å². The van der Waals surface area contributed by atoms with Crippen molar-refractivity contribution in [2.75, 3.05) is 11.9 Å². The molecule has 0 spiro atoms. The first-order valence-corrected chi connectivity index (χ1v) is 5.95. The summed E-state index contributed by atoms with van der Waals surface area (Å²) >= 11 is 0. The minimum atomic E-state index is -1.02. The number of amides is 1. The van der Waals surface area contributed by atoms with E-state index in [1.807, 2.05) is 24.3 Å². The van der Waals surface area contributed by atoms with Crippen molar-refractivity contribution in [1.29, 1.82) is 0 Å². The van der Waals surface area contributed by atoms with Gasteiger partial charge in [-0.25, -0.2) is 0 Å². The van der Waals surface area contributed by atoms with Gasteiger partial charge < -0.3 is 15.7 Å². The maximum absolute atomic E-state index is 12.1. The minimum Gasteiger partial charge on any atom is -0.480 e. The first kappa shape index (κ1) is 12.4. The number of fused-ring (bicyclic) bond motifs is 1. The van der Waals surface area contributed by atoms with E-state index >= 15 is 0 Å². The molecule has 0 saturated carbocycles. The Morgan fingerprint density at radius 2 is 2.17 bits per heavy atom. The lowest BCUT2D eigenvalue weighted by atomic mass is 9.90. The average Bonchev–Trinajstić information content (AvgIpc) is 2.37. The fourth-order valence-electron chi connectivity index (χ4n) is 2.12. The highest BCUT2D eigenvalue weighted by atomic mass is 16.4. The molecule has 1 aliphatic rings. The summed E-state index contributed by atoms with van der Waals surface area (Å²) < 4.78 is 0. The first-order chi connectivity index (χ1) is 8.59. The molecule has 0 fully saturated rings. The number of carbonyl (C=O) groups excluding carboxylic acids is 1. The van der Waals surface area contributed by atoms with Gasteiger partial charge in [-0.15, -0.1) is 0 Å². The normalized spacial score (nSPS) is 19.3.